The Morgan fingerprint density at radius 1 is 0.759 bits per heavy atom. The molecule has 5 aliphatic rings. The highest BCUT2D eigenvalue weighted by atomic mass is 32.1. The Bertz CT molecular complexity index is 1640. The quantitative estimate of drug-likeness (QED) is 0.0585. The summed E-state index contributed by atoms with van der Waals surface area (Å²) < 4.78 is 16.7. The molecule has 3 unspecified atom stereocenters. The van der Waals surface area contributed by atoms with Gasteiger partial charge in [-0.05, 0) is 110 Å². The summed E-state index contributed by atoms with van der Waals surface area (Å²) in [4.78, 5) is 39.1. The number of fused-ring (bicyclic) bond motifs is 7. The summed E-state index contributed by atoms with van der Waals surface area (Å²) in [5, 5.41) is 36.2. The van der Waals surface area contributed by atoms with E-state index in [2.05, 4.69) is 13.0 Å². The highest BCUT2D eigenvalue weighted by Crippen LogP contribution is 2.74. The lowest BCUT2D eigenvalue weighted by atomic mass is 9.39. The Hall–Kier alpha value is -2.05. The van der Waals surface area contributed by atoms with Crippen molar-refractivity contribution in [3.63, 3.8) is 0 Å². The number of carbonyl (C=O) groups excluding carboxylic acids is 3. The van der Waals surface area contributed by atoms with Crippen molar-refractivity contribution >= 4 is 43.2 Å². The van der Waals surface area contributed by atoms with Gasteiger partial charge in [0.1, 0.15) is 12.7 Å². The maximum atomic E-state index is 13.4. The number of thiol groups is 2. The van der Waals surface area contributed by atoms with Gasteiger partial charge in [-0.1, -0.05) is 56.1 Å². The first-order valence-corrected chi connectivity index (χ1v) is 20.5. The molecule has 12 atom stereocenters. The zero-order valence-corrected chi connectivity index (χ0v) is 35.7. The van der Waals surface area contributed by atoms with E-state index in [1.54, 1.807) is 27.7 Å². The normalized spacial score (nSPS) is 41.9. The van der Waals surface area contributed by atoms with Gasteiger partial charge < -0.3 is 29.5 Å². The van der Waals surface area contributed by atoms with Crippen LogP contribution in [0.5, 0.6) is 0 Å². The third kappa shape index (κ3) is 7.09. The molecule has 3 N–H and O–H groups in total. The van der Waals surface area contributed by atoms with Gasteiger partial charge in [-0.2, -0.15) is 25.3 Å². The van der Waals surface area contributed by atoms with E-state index in [1.807, 2.05) is 34.6 Å². The fourth-order valence-electron chi connectivity index (χ4n) is 11.4. The van der Waals surface area contributed by atoms with Crippen LogP contribution in [0.25, 0.3) is 0 Å². The van der Waals surface area contributed by atoms with E-state index in [4.69, 9.17) is 39.5 Å². The van der Waals surface area contributed by atoms with Crippen LogP contribution in [0.2, 0.25) is 0 Å². The van der Waals surface area contributed by atoms with Crippen LogP contribution in [-0.4, -0.2) is 80.4 Å². The summed E-state index contributed by atoms with van der Waals surface area (Å²) in [5.74, 6) is -2.19. The Morgan fingerprint density at radius 2 is 1.31 bits per heavy atom. The van der Waals surface area contributed by atoms with E-state index in [0.29, 0.717) is 38.5 Å². The minimum absolute atomic E-state index is 0.0619. The van der Waals surface area contributed by atoms with Crippen LogP contribution < -0.4 is 0 Å². The molecular weight excluding hydrogens is 725 g/mol. The van der Waals surface area contributed by atoms with E-state index < -0.39 is 79.4 Å². The molecule has 0 aromatic heterocycles. The third-order valence-electron chi connectivity index (χ3n) is 14.2. The predicted octanol–water partition coefficient (Wildman–Crippen LogP) is 6.90. The molecule has 54 heavy (non-hydrogen) atoms. The Labute approximate surface area is 333 Å². The molecule has 0 heterocycles. The van der Waals surface area contributed by atoms with Gasteiger partial charge in [-0.3, -0.25) is 0 Å². The number of carbonyl (C=O) groups is 3. The van der Waals surface area contributed by atoms with Crippen molar-refractivity contribution in [2.75, 3.05) is 13.2 Å². The Morgan fingerprint density at radius 3 is 1.89 bits per heavy atom. The van der Waals surface area contributed by atoms with Crippen molar-refractivity contribution in [1.29, 1.82) is 0 Å². The van der Waals surface area contributed by atoms with Crippen molar-refractivity contribution in [1.82, 2.24) is 0 Å². The molecule has 4 saturated carbocycles. The van der Waals surface area contributed by atoms with Crippen LogP contribution in [0.4, 0.5) is 0 Å². The number of allylic oxidation sites excluding steroid dienone is 5. The number of rotatable bonds is 8. The minimum atomic E-state index is -1.34. The van der Waals surface area contributed by atoms with Crippen LogP contribution >= 0.6 is 25.3 Å². The second kappa shape index (κ2) is 15.0. The molecule has 0 amide bonds. The number of ether oxygens (including phenoxy) is 3. The van der Waals surface area contributed by atoms with E-state index in [-0.39, 0.29) is 31.5 Å². The number of esters is 3. The number of aliphatic hydroxyl groups is 3. The monoisotopic (exact) mass is 788 g/mol. The lowest BCUT2D eigenvalue weighted by molar-refractivity contribution is -0.250. The maximum Gasteiger partial charge on any atom is 0.331 e. The molecule has 0 aliphatic heterocycles. The summed E-state index contributed by atoms with van der Waals surface area (Å²) >= 11 is 11.3. The molecule has 9 nitrogen and oxygen atoms in total. The first-order chi connectivity index (χ1) is 24.9. The maximum absolute atomic E-state index is 13.4. The van der Waals surface area contributed by atoms with Gasteiger partial charge in [0.25, 0.3) is 0 Å². The second-order valence-corrected chi connectivity index (χ2v) is 20.7. The SMILES string of the molecule is CC(C)=CC(=O)OC[C@@]12C(CC(C)(C)[C@@H](O)[C@@H]1OC(=O)C=C(C)C)C1=CCC3[C@@]4(S)CC[C@H](O)[C@](C)(COC(=O)C=C(C)C)C4CC[C@@]3(S)[C@]1(C)C[C@H]2O. The van der Waals surface area contributed by atoms with Crippen LogP contribution in [0.1, 0.15) is 114 Å². The summed E-state index contributed by atoms with van der Waals surface area (Å²) in [6, 6.07) is 0. The Balaban J connectivity index is 1.61. The molecular formula is C43H64O9S2. The van der Waals surface area contributed by atoms with Gasteiger partial charge in [0.2, 0.25) is 0 Å². The fourth-order valence-corrected chi connectivity index (χ4v) is 13.1. The van der Waals surface area contributed by atoms with E-state index in [9.17, 15) is 29.7 Å². The highest BCUT2D eigenvalue weighted by molar-refractivity contribution is 7.83. The molecule has 0 spiro atoms. The summed E-state index contributed by atoms with van der Waals surface area (Å²) in [5.41, 5.74) is -0.0642. The van der Waals surface area contributed by atoms with Gasteiger partial charge in [0, 0.05) is 38.6 Å². The van der Waals surface area contributed by atoms with E-state index >= 15 is 0 Å². The van der Waals surface area contributed by atoms with Gasteiger partial charge in [-0.25, -0.2) is 14.4 Å². The molecule has 302 valence electrons. The topological polar surface area (TPSA) is 140 Å². The van der Waals surface area contributed by atoms with Gasteiger partial charge in [0.15, 0.2) is 0 Å². The molecule has 5 aliphatic carbocycles. The van der Waals surface area contributed by atoms with Crippen LogP contribution in [0, 0.1) is 39.4 Å². The van der Waals surface area contributed by atoms with Crippen molar-refractivity contribution in [3.05, 3.63) is 46.6 Å². The minimum Gasteiger partial charge on any atom is -0.462 e. The van der Waals surface area contributed by atoms with Crippen LogP contribution in [-0.2, 0) is 28.6 Å². The first-order valence-electron chi connectivity index (χ1n) is 19.6. The molecule has 0 aromatic carbocycles. The lowest BCUT2D eigenvalue weighted by Crippen LogP contribution is -2.74. The largest absolute Gasteiger partial charge is 0.462 e. The molecule has 0 saturated heterocycles. The number of hydrogen-bond acceptors (Lipinski definition) is 11. The lowest BCUT2D eigenvalue weighted by Gasteiger charge is -2.71. The van der Waals surface area contributed by atoms with Gasteiger partial charge in [0.05, 0.1) is 30.3 Å². The van der Waals surface area contributed by atoms with Crippen molar-refractivity contribution in [3.8, 4) is 0 Å². The van der Waals surface area contributed by atoms with Crippen molar-refractivity contribution in [2.45, 2.75) is 148 Å². The number of hydrogen-bond donors (Lipinski definition) is 5. The molecule has 4 fully saturated rings. The van der Waals surface area contributed by atoms with E-state index in [1.165, 1.54) is 18.2 Å². The van der Waals surface area contributed by atoms with Gasteiger partial charge in [-0.15, -0.1) is 0 Å². The van der Waals surface area contributed by atoms with Crippen LogP contribution in [0.3, 0.4) is 0 Å². The highest BCUT2D eigenvalue weighted by Gasteiger charge is 2.74. The Kier molecular flexibility index (Phi) is 12.0. The molecule has 0 bridgehead atoms. The van der Waals surface area contributed by atoms with Crippen molar-refractivity contribution in [2.24, 2.45) is 39.4 Å². The smallest absolute Gasteiger partial charge is 0.331 e. The molecule has 5 rings (SSSR count). The number of aliphatic hydroxyl groups excluding tert-OH is 3. The average Bonchev–Trinajstić information content (AvgIpc) is 3.03. The summed E-state index contributed by atoms with van der Waals surface area (Å²) in [6.07, 6.45) is 6.17. The molecule has 0 aromatic rings. The predicted molar refractivity (Wildman–Crippen MR) is 215 cm³/mol. The summed E-state index contributed by atoms with van der Waals surface area (Å²) in [6.45, 7) is 18.8. The third-order valence-corrected chi connectivity index (χ3v) is 16.1. The summed E-state index contributed by atoms with van der Waals surface area (Å²) in [7, 11) is 0. The zero-order valence-electron chi connectivity index (χ0n) is 33.9. The molecule has 11 heteroatoms. The standard InChI is InChI=1S/C43H64O9S2/c1-24(2)17-33(46)50-22-39(9)29-13-16-43(54)30(42(29,53)15-14-31(39)44)12-11-27-28-20-38(7,8)36(49)37(52-35(48)19-26(5)6)41(28,32(45)21-40(27,43)10)23-51-34(47)18-25(3)4/h11,17-19,28-32,36-37,44-45,49,53-54H,12-16,20-23H2,1-10H3/t28?,29?,30?,31-,32+,36-,37-,39+,40+,41-,42+,43-/m0/s1. The fraction of sp³-hybridized carbons (Fsp3) is 0.744. The van der Waals surface area contributed by atoms with Gasteiger partial charge >= 0.3 is 17.9 Å². The second-order valence-electron chi connectivity index (χ2n) is 19.1. The van der Waals surface area contributed by atoms with E-state index in [0.717, 1.165) is 22.3 Å². The average molecular weight is 789 g/mol. The van der Waals surface area contributed by atoms with Crippen molar-refractivity contribution < 1.29 is 43.9 Å². The zero-order chi connectivity index (χ0) is 40.4. The van der Waals surface area contributed by atoms with Crippen LogP contribution in [0.15, 0.2) is 46.6 Å². The molecule has 0 radical (unpaired) electrons. The first kappa shape index (κ1) is 43.1.